The molecule has 4 heteroatoms. The van der Waals surface area contributed by atoms with Crippen LogP contribution in [-0.4, -0.2) is 8.95 Å². The summed E-state index contributed by atoms with van der Waals surface area (Å²) in [4.78, 5) is 13.9. The normalized spacial score (nSPS) is 12.4. The minimum absolute atomic E-state index is 0.00845. The number of benzene rings is 4. The Kier molecular flexibility index (Phi) is 6.98. The third-order valence-electron chi connectivity index (χ3n) is 5.39. The number of ketones is 1. The van der Waals surface area contributed by atoms with Gasteiger partial charge in [-0.05, 0) is 0 Å². The molecule has 4 aromatic carbocycles. The molecule has 143 valence electrons. The van der Waals surface area contributed by atoms with Crippen LogP contribution < -0.4 is 15.9 Å². The van der Waals surface area contributed by atoms with Gasteiger partial charge in [-0.2, -0.15) is 0 Å². The van der Waals surface area contributed by atoms with Crippen molar-refractivity contribution in [3.63, 3.8) is 0 Å². The van der Waals surface area contributed by atoms with Crippen molar-refractivity contribution in [3.8, 4) is 0 Å². The fraction of sp³-hybridized carbons (Fsp3) is 0.0385. The zero-order valence-electron chi connectivity index (χ0n) is 16.5. The maximum absolute atomic E-state index is 13.9. The summed E-state index contributed by atoms with van der Waals surface area (Å²) < 4.78 is 0.981. The van der Waals surface area contributed by atoms with Gasteiger partial charge in [0.15, 0.2) is 0 Å². The van der Waals surface area contributed by atoms with Gasteiger partial charge in [-0.3, -0.25) is 0 Å². The molecule has 0 radical (unpaired) electrons. The number of carbonyl (C=O) groups excluding carboxylic acids is 1. The van der Waals surface area contributed by atoms with Crippen molar-refractivity contribution in [1.29, 1.82) is 0 Å². The first-order valence-electron chi connectivity index (χ1n) is 9.82. The topological polar surface area (TPSA) is 17.1 Å². The molecule has 0 aliphatic carbocycles. The van der Waals surface area contributed by atoms with Gasteiger partial charge in [0.25, 0.3) is 0 Å². The molecule has 0 aromatic heterocycles. The minimum atomic E-state index is -2.15. The predicted octanol–water partition coefficient (Wildman–Crippen LogP) is 5.50. The molecule has 1 nitrogen and oxygen atoms in total. The number of hydrogen-bond acceptors (Lipinski definition) is 1. The summed E-state index contributed by atoms with van der Waals surface area (Å²) in [7, 11) is -2.15. The zero-order chi connectivity index (χ0) is 21.0. The summed E-state index contributed by atoms with van der Waals surface area (Å²) in [5, 5.41) is 3.81. The van der Waals surface area contributed by atoms with Crippen LogP contribution in [0.25, 0.3) is 0 Å². The second-order valence-corrected chi connectivity index (χ2v) is 17.5. The fourth-order valence-corrected chi connectivity index (χ4v) is 16.9. The van der Waals surface area contributed by atoms with Crippen LogP contribution in [0.15, 0.2) is 120 Å². The number of halogens is 1. The molecule has 0 aliphatic heterocycles. The van der Waals surface area contributed by atoms with E-state index in [1.165, 1.54) is 15.9 Å². The van der Waals surface area contributed by atoms with Gasteiger partial charge in [-0.15, -0.1) is 0 Å². The first-order valence-corrected chi connectivity index (χ1v) is 15.6. The molecule has 0 saturated heterocycles. The summed E-state index contributed by atoms with van der Waals surface area (Å²) in [6, 6.07) is 39.8. The third-order valence-corrected chi connectivity index (χ3v) is 18.3. The van der Waals surface area contributed by atoms with E-state index in [9.17, 15) is 4.79 Å². The number of hydrogen-bond donors (Lipinski definition) is 0. The van der Waals surface area contributed by atoms with Gasteiger partial charge in [-0.1, -0.05) is 0 Å². The van der Waals surface area contributed by atoms with Crippen molar-refractivity contribution in [1.82, 2.24) is 0 Å². The Labute approximate surface area is 203 Å². The van der Waals surface area contributed by atoms with E-state index in [0.717, 1.165) is 10.0 Å². The number of carbonyl (C=O) groups is 1. The second-order valence-electron chi connectivity index (χ2n) is 7.12. The average Bonchev–Trinajstić information content (AvgIpc) is 2.82. The first-order chi connectivity index (χ1) is 14.6. The first kappa shape index (κ1) is 21.6. The van der Waals surface area contributed by atoms with Crippen molar-refractivity contribution in [2.45, 2.75) is 3.17 Å². The van der Waals surface area contributed by atoms with Crippen LogP contribution in [0.3, 0.4) is 0 Å². The molecule has 1 atom stereocenters. The van der Waals surface area contributed by atoms with E-state index < -0.39 is 7.26 Å². The molecular formula is C26H20BrHgOP+. The van der Waals surface area contributed by atoms with Gasteiger partial charge in [0.1, 0.15) is 0 Å². The van der Waals surface area contributed by atoms with Crippen LogP contribution in [0.2, 0.25) is 0 Å². The number of Topliss-reactive ketones (excluding diaryl/α,β-unsaturated/α-hetero) is 1. The Hall–Kier alpha value is -1.60. The summed E-state index contributed by atoms with van der Waals surface area (Å²) >= 11 is 3.71. The molecule has 30 heavy (non-hydrogen) atoms. The van der Waals surface area contributed by atoms with E-state index in [-0.39, 0.29) is 35.1 Å². The SMILES string of the molecule is O=C(c1ccc(Br)cc1)[CH]([Hg])[P+](c1ccccc1)(c1ccccc1)c1ccccc1. The molecule has 0 spiro atoms. The van der Waals surface area contributed by atoms with Crippen LogP contribution in [0, 0.1) is 0 Å². The van der Waals surface area contributed by atoms with E-state index in [2.05, 4.69) is 107 Å². The molecule has 0 N–H and O–H groups in total. The van der Waals surface area contributed by atoms with E-state index >= 15 is 0 Å². The Morgan fingerprint density at radius 1 is 0.633 bits per heavy atom. The molecule has 0 saturated carbocycles. The molecule has 0 heterocycles. The van der Waals surface area contributed by atoms with Crippen molar-refractivity contribution in [3.05, 3.63) is 125 Å². The number of rotatable bonds is 6. The van der Waals surface area contributed by atoms with E-state index in [1.54, 1.807) is 0 Å². The fourth-order valence-electron chi connectivity index (χ4n) is 3.96. The van der Waals surface area contributed by atoms with E-state index in [4.69, 9.17) is 0 Å². The second kappa shape index (κ2) is 9.68. The Morgan fingerprint density at radius 3 is 1.37 bits per heavy atom. The third kappa shape index (κ3) is 4.11. The van der Waals surface area contributed by atoms with Gasteiger partial charge >= 0.3 is 204 Å². The molecule has 0 bridgehead atoms. The van der Waals surface area contributed by atoms with Crippen LogP contribution >= 0.6 is 23.2 Å². The van der Waals surface area contributed by atoms with Crippen molar-refractivity contribution >= 4 is 44.9 Å². The molecule has 0 amide bonds. The van der Waals surface area contributed by atoms with Crippen LogP contribution in [0.4, 0.5) is 0 Å². The van der Waals surface area contributed by atoms with Crippen LogP contribution in [0.1, 0.15) is 10.4 Å². The monoisotopic (exact) mass is 660 g/mol. The Bertz CT molecular complexity index is 1020. The van der Waals surface area contributed by atoms with E-state index in [1.807, 2.05) is 24.3 Å². The maximum atomic E-state index is 13.9. The Balaban J connectivity index is 1.99. The predicted molar refractivity (Wildman–Crippen MR) is 127 cm³/mol. The molecule has 1 unspecified atom stereocenters. The van der Waals surface area contributed by atoms with Gasteiger partial charge in [-0.25, -0.2) is 0 Å². The molecule has 4 aromatic rings. The van der Waals surface area contributed by atoms with Crippen molar-refractivity contribution in [2.24, 2.45) is 0 Å². The van der Waals surface area contributed by atoms with Gasteiger partial charge in [0.05, 0.1) is 0 Å². The quantitative estimate of drug-likeness (QED) is 0.152. The summed E-state index contributed by atoms with van der Waals surface area (Å²) in [6.07, 6.45) is 0. The molecule has 4 rings (SSSR count). The van der Waals surface area contributed by atoms with Gasteiger partial charge in [0, 0.05) is 0 Å². The van der Waals surface area contributed by atoms with Crippen molar-refractivity contribution < 1.29 is 30.9 Å². The van der Waals surface area contributed by atoms with Gasteiger partial charge < -0.3 is 0 Å². The molecular weight excluding hydrogens is 640 g/mol. The van der Waals surface area contributed by atoms with Crippen LogP contribution in [-0.2, 0) is 26.1 Å². The summed E-state index contributed by atoms with van der Waals surface area (Å²) in [5.41, 5.74) is 0.797. The zero-order valence-corrected chi connectivity index (χ0v) is 24.5. The standard InChI is InChI=1S/C26H20BrOP.Hg/c27-22-18-16-21(17-19-22)26(28)20-29(23-10-4-1-5-11-23,24-12-6-2-7-13-24)25-14-8-3-9-15-25;/h1-20H;/q+1;. The van der Waals surface area contributed by atoms with E-state index in [0.29, 0.717) is 0 Å². The summed E-state index contributed by atoms with van der Waals surface area (Å²) in [6.45, 7) is 0. The summed E-state index contributed by atoms with van der Waals surface area (Å²) in [5.74, 6) is 0.260. The average molecular weight is 660 g/mol. The van der Waals surface area contributed by atoms with Gasteiger partial charge in [0.2, 0.25) is 0 Å². The molecule has 0 aliphatic rings. The molecule has 0 fully saturated rings. The Morgan fingerprint density at radius 2 is 1.00 bits per heavy atom. The van der Waals surface area contributed by atoms with Crippen LogP contribution in [0.5, 0.6) is 0 Å². The van der Waals surface area contributed by atoms with Crippen molar-refractivity contribution in [2.75, 3.05) is 0 Å².